The van der Waals surface area contributed by atoms with Crippen LogP contribution >= 0.6 is 11.3 Å². The zero-order chi connectivity index (χ0) is 15.6. The van der Waals surface area contributed by atoms with Crippen molar-refractivity contribution in [2.45, 2.75) is 39.0 Å². The van der Waals surface area contributed by atoms with Crippen molar-refractivity contribution in [3.63, 3.8) is 0 Å². The third-order valence-electron chi connectivity index (χ3n) is 4.28. The van der Waals surface area contributed by atoms with Gasteiger partial charge in [0, 0.05) is 24.6 Å². The van der Waals surface area contributed by atoms with Crippen molar-refractivity contribution in [3.05, 3.63) is 16.8 Å². The minimum Gasteiger partial charge on any atom is -0.382 e. The van der Waals surface area contributed by atoms with Crippen molar-refractivity contribution in [1.82, 2.24) is 19.6 Å². The van der Waals surface area contributed by atoms with Crippen molar-refractivity contribution in [3.8, 4) is 0 Å². The van der Waals surface area contributed by atoms with Gasteiger partial charge in [-0.15, -0.1) is 11.3 Å². The summed E-state index contributed by atoms with van der Waals surface area (Å²) in [6.07, 6.45) is 7.43. The Balaban J connectivity index is 1.69. The van der Waals surface area contributed by atoms with Crippen LogP contribution in [0.15, 0.2) is 6.33 Å². The average molecular weight is 331 g/mol. The number of anilines is 1. The highest BCUT2D eigenvalue weighted by molar-refractivity contribution is 7.19. The number of ether oxygens (including phenoxy) is 1. The van der Waals surface area contributed by atoms with Crippen LogP contribution in [0.3, 0.4) is 0 Å². The van der Waals surface area contributed by atoms with Crippen molar-refractivity contribution in [1.29, 1.82) is 0 Å². The number of nitrogens with one attached hydrogen (secondary N) is 1. The predicted molar refractivity (Wildman–Crippen MR) is 92.4 cm³/mol. The van der Waals surface area contributed by atoms with E-state index in [2.05, 4.69) is 15.4 Å². The van der Waals surface area contributed by atoms with E-state index in [1.807, 2.05) is 22.8 Å². The molecule has 1 aliphatic carbocycles. The molecular weight excluding hydrogens is 310 g/mol. The summed E-state index contributed by atoms with van der Waals surface area (Å²) in [7, 11) is 0. The molecule has 0 saturated carbocycles. The van der Waals surface area contributed by atoms with Crippen LogP contribution in [0.4, 0.5) is 5.95 Å². The Morgan fingerprint density at radius 1 is 1.35 bits per heavy atom. The largest absolute Gasteiger partial charge is 0.382 e. The van der Waals surface area contributed by atoms with Crippen LogP contribution in [0.5, 0.6) is 0 Å². The summed E-state index contributed by atoms with van der Waals surface area (Å²) in [5.41, 5.74) is 2.38. The quantitative estimate of drug-likeness (QED) is 0.703. The topological polar surface area (TPSA) is 64.3 Å². The van der Waals surface area contributed by atoms with Gasteiger partial charge in [0.25, 0.3) is 0 Å². The van der Waals surface area contributed by atoms with Crippen LogP contribution in [0, 0.1) is 0 Å². The highest BCUT2D eigenvalue weighted by Gasteiger charge is 2.21. The first-order valence-electron chi connectivity index (χ1n) is 8.34. The van der Waals surface area contributed by atoms with Gasteiger partial charge in [-0.2, -0.15) is 9.61 Å². The number of fused-ring (bicyclic) bond motifs is 5. The molecule has 23 heavy (non-hydrogen) atoms. The Hall–Kier alpha value is -1.73. The summed E-state index contributed by atoms with van der Waals surface area (Å²) in [5.74, 6) is 0.778. The highest BCUT2D eigenvalue weighted by Crippen LogP contribution is 2.37. The van der Waals surface area contributed by atoms with E-state index >= 15 is 0 Å². The van der Waals surface area contributed by atoms with Gasteiger partial charge in [0.2, 0.25) is 5.95 Å². The minimum absolute atomic E-state index is 0.762. The van der Waals surface area contributed by atoms with Crippen LogP contribution < -0.4 is 5.32 Å². The fourth-order valence-electron chi connectivity index (χ4n) is 3.20. The lowest BCUT2D eigenvalue weighted by Crippen LogP contribution is -2.11. The molecular formula is C16H21N5OS. The van der Waals surface area contributed by atoms with Crippen molar-refractivity contribution >= 4 is 33.1 Å². The van der Waals surface area contributed by atoms with Crippen molar-refractivity contribution < 1.29 is 4.74 Å². The van der Waals surface area contributed by atoms with Crippen molar-refractivity contribution in [2.75, 3.05) is 25.1 Å². The first kappa shape index (κ1) is 14.8. The van der Waals surface area contributed by atoms with Gasteiger partial charge >= 0.3 is 0 Å². The number of aromatic nitrogens is 4. The first-order valence-corrected chi connectivity index (χ1v) is 9.15. The number of hydrogen-bond acceptors (Lipinski definition) is 6. The van der Waals surface area contributed by atoms with Gasteiger partial charge in [0.1, 0.15) is 11.2 Å². The number of aryl methyl sites for hydroxylation is 2. The van der Waals surface area contributed by atoms with E-state index in [-0.39, 0.29) is 0 Å². The van der Waals surface area contributed by atoms with E-state index in [1.165, 1.54) is 35.1 Å². The van der Waals surface area contributed by atoms with Gasteiger partial charge < -0.3 is 10.1 Å². The molecule has 0 spiro atoms. The third-order valence-corrected chi connectivity index (χ3v) is 5.47. The summed E-state index contributed by atoms with van der Waals surface area (Å²) < 4.78 is 7.21. The molecule has 3 heterocycles. The molecule has 0 aliphatic heterocycles. The number of rotatable bonds is 6. The molecule has 0 aromatic carbocycles. The molecule has 3 aromatic rings. The average Bonchev–Trinajstić information content (AvgIpc) is 3.18. The van der Waals surface area contributed by atoms with Crippen LogP contribution in [0.25, 0.3) is 15.9 Å². The van der Waals surface area contributed by atoms with E-state index < -0.39 is 0 Å². The molecule has 3 aromatic heterocycles. The van der Waals surface area contributed by atoms with Gasteiger partial charge in [-0.1, -0.05) is 0 Å². The predicted octanol–water partition coefficient (Wildman–Crippen LogP) is 3.06. The van der Waals surface area contributed by atoms with E-state index in [0.29, 0.717) is 0 Å². The van der Waals surface area contributed by atoms with Gasteiger partial charge in [-0.05, 0) is 44.6 Å². The van der Waals surface area contributed by atoms with Crippen LogP contribution in [-0.4, -0.2) is 39.3 Å². The Morgan fingerprint density at radius 2 is 2.26 bits per heavy atom. The highest BCUT2D eigenvalue weighted by atomic mass is 32.1. The molecule has 1 aliphatic rings. The molecule has 0 amide bonds. The van der Waals surface area contributed by atoms with Crippen LogP contribution in [-0.2, 0) is 17.6 Å². The molecule has 1 N–H and O–H groups in total. The molecule has 122 valence electrons. The second-order valence-electron chi connectivity index (χ2n) is 5.80. The lowest BCUT2D eigenvalue weighted by Gasteiger charge is -2.11. The molecule has 0 atom stereocenters. The molecule has 0 bridgehead atoms. The fourth-order valence-corrected chi connectivity index (χ4v) is 4.46. The second-order valence-corrected chi connectivity index (χ2v) is 6.88. The second kappa shape index (κ2) is 6.41. The summed E-state index contributed by atoms with van der Waals surface area (Å²) in [6, 6.07) is 0. The lowest BCUT2D eigenvalue weighted by atomic mass is 9.97. The Kier molecular flexibility index (Phi) is 4.13. The first-order chi connectivity index (χ1) is 11.4. The monoisotopic (exact) mass is 331 g/mol. The maximum atomic E-state index is 5.38. The lowest BCUT2D eigenvalue weighted by molar-refractivity contribution is 0.147. The molecule has 7 heteroatoms. The Bertz CT molecular complexity index is 825. The maximum absolute atomic E-state index is 5.38. The van der Waals surface area contributed by atoms with Crippen molar-refractivity contribution in [2.24, 2.45) is 0 Å². The Labute approximate surface area is 138 Å². The smallest absolute Gasteiger partial charge is 0.227 e. The number of nitrogens with zero attached hydrogens (tertiary/aromatic N) is 4. The molecule has 4 rings (SSSR count). The van der Waals surface area contributed by atoms with Crippen LogP contribution in [0.2, 0.25) is 0 Å². The van der Waals surface area contributed by atoms with E-state index in [9.17, 15) is 0 Å². The Morgan fingerprint density at radius 3 is 3.17 bits per heavy atom. The van der Waals surface area contributed by atoms with E-state index in [4.69, 9.17) is 9.72 Å². The van der Waals surface area contributed by atoms with Gasteiger partial charge in [0.15, 0.2) is 5.65 Å². The van der Waals surface area contributed by atoms with Gasteiger partial charge in [0.05, 0.1) is 5.39 Å². The zero-order valence-electron chi connectivity index (χ0n) is 13.3. The molecule has 0 radical (unpaired) electrons. The van der Waals surface area contributed by atoms with Gasteiger partial charge in [-0.3, -0.25) is 0 Å². The molecule has 0 unspecified atom stereocenters. The summed E-state index contributed by atoms with van der Waals surface area (Å²) in [5, 5.41) is 8.96. The standard InChI is InChI=1S/C16H21N5OS/c1-2-22-9-5-8-17-16-20-15-13(14-18-10-19-21(14)16)11-6-3-4-7-12(11)23-15/h10H,2-9H2,1H3,(H,17,20). The zero-order valence-corrected chi connectivity index (χ0v) is 14.2. The SMILES string of the molecule is CCOCCCNc1nc2sc3c(c2c2ncnn12)CCCC3. The van der Waals surface area contributed by atoms with Crippen LogP contribution in [0.1, 0.15) is 36.6 Å². The maximum Gasteiger partial charge on any atom is 0.227 e. The summed E-state index contributed by atoms with van der Waals surface area (Å²) in [4.78, 5) is 11.9. The summed E-state index contributed by atoms with van der Waals surface area (Å²) >= 11 is 1.82. The third kappa shape index (κ3) is 2.68. The number of hydrogen-bond donors (Lipinski definition) is 1. The normalized spacial score (nSPS) is 14.5. The molecule has 0 saturated heterocycles. The molecule has 0 fully saturated rings. The fraction of sp³-hybridized carbons (Fsp3) is 0.562. The van der Waals surface area contributed by atoms with E-state index in [1.54, 1.807) is 6.33 Å². The van der Waals surface area contributed by atoms with Gasteiger partial charge in [-0.25, -0.2) is 9.97 Å². The molecule has 6 nitrogen and oxygen atoms in total. The van der Waals surface area contributed by atoms with E-state index in [0.717, 1.165) is 49.0 Å². The summed E-state index contributed by atoms with van der Waals surface area (Å²) in [6.45, 7) is 4.36. The minimum atomic E-state index is 0.762. The number of thiophene rings is 1.